The number of piperidine rings is 1. The van der Waals surface area contributed by atoms with Crippen molar-refractivity contribution in [1.82, 2.24) is 20.2 Å². The maximum atomic E-state index is 13.3. The molecule has 0 radical (unpaired) electrons. The Morgan fingerprint density at radius 3 is 2.50 bits per heavy atom. The van der Waals surface area contributed by atoms with Crippen LogP contribution in [0.5, 0.6) is 0 Å². The van der Waals surface area contributed by atoms with E-state index in [1.807, 2.05) is 31.3 Å². The molecule has 2 aliphatic heterocycles. The van der Waals surface area contributed by atoms with E-state index in [4.69, 9.17) is 9.72 Å². The van der Waals surface area contributed by atoms with Crippen molar-refractivity contribution in [3.63, 3.8) is 0 Å². The van der Waals surface area contributed by atoms with E-state index in [-0.39, 0.29) is 24.0 Å². The van der Waals surface area contributed by atoms with E-state index < -0.39 is 29.7 Å². The number of imide groups is 2. The Balaban J connectivity index is 0.884. The van der Waals surface area contributed by atoms with Crippen molar-refractivity contribution in [2.45, 2.75) is 31.7 Å². The van der Waals surface area contributed by atoms with Crippen LogP contribution in [0.25, 0.3) is 31.9 Å². The van der Waals surface area contributed by atoms with E-state index in [0.29, 0.717) is 25.4 Å². The molecule has 2 aliphatic rings. The van der Waals surface area contributed by atoms with Gasteiger partial charge in [-0.05, 0) is 66.8 Å². The van der Waals surface area contributed by atoms with Gasteiger partial charge in [-0.15, -0.1) is 11.3 Å². The van der Waals surface area contributed by atoms with Crippen LogP contribution in [-0.2, 0) is 20.7 Å². The first-order valence-corrected chi connectivity index (χ1v) is 17.4. The van der Waals surface area contributed by atoms with E-state index in [2.05, 4.69) is 64.1 Å². The maximum Gasteiger partial charge on any atom is 0.264 e. The molecule has 2 N–H and O–H groups in total. The first-order chi connectivity index (χ1) is 24.3. The third-order valence-corrected chi connectivity index (χ3v) is 9.98. The van der Waals surface area contributed by atoms with Crippen LogP contribution in [-0.4, -0.2) is 78.4 Å². The molecule has 3 aromatic carbocycles. The van der Waals surface area contributed by atoms with E-state index in [0.717, 1.165) is 55.5 Å². The molecule has 11 nitrogen and oxygen atoms in total. The number of rotatable bonds is 12. The first kappa shape index (κ1) is 33.1. The number of nitrogens with zero attached hydrogens (tertiary/aromatic N) is 4. The van der Waals surface area contributed by atoms with Gasteiger partial charge in [-0.3, -0.25) is 29.4 Å². The van der Waals surface area contributed by atoms with E-state index in [9.17, 15) is 19.2 Å². The molecule has 12 heteroatoms. The van der Waals surface area contributed by atoms with Crippen molar-refractivity contribution in [3.05, 3.63) is 95.7 Å². The summed E-state index contributed by atoms with van der Waals surface area (Å²) < 4.78 is 7.01. The smallest absolute Gasteiger partial charge is 0.264 e. The van der Waals surface area contributed by atoms with Crippen LogP contribution in [0, 0.1) is 0 Å². The molecular weight excluding hydrogens is 653 g/mol. The van der Waals surface area contributed by atoms with Crippen LogP contribution in [0.3, 0.4) is 0 Å². The number of amides is 4. The summed E-state index contributed by atoms with van der Waals surface area (Å²) in [6.07, 6.45) is 3.81. The fourth-order valence-electron chi connectivity index (χ4n) is 6.28. The Kier molecular flexibility index (Phi) is 9.38. The Hall–Kier alpha value is -5.46. The number of thiazole rings is 1. The van der Waals surface area contributed by atoms with Crippen molar-refractivity contribution < 1.29 is 23.9 Å². The minimum atomic E-state index is -0.997. The number of aromatic nitrogens is 2. The molecule has 7 rings (SSSR count). The van der Waals surface area contributed by atoms with Gasteiger partial charge >= 0.3 is 0 Å². The van der Waals surface area contributed by atoms with Gasteiger partial charge in [0.15, 0.2) is 0 Å². The van der Waals surface area contributed by atoms with Crippen molar-refractivity contribution >= 4 is 56.7 Å². The number of nitrogens with one attached hydrogen (secondary N) is 2. The van der Waals surface area contributed by atoms with Crippen LogP contribution in [0.1, 0.15) is 45.5 Å². The average Bonchev–Trinajstić information content (AvgIpc) is 3.66. The fraction of sp³-hybridized carbons (Fsp3) is 0.263. The summed E-state index contributed by atoms with van der Waals surface area (Å²) in [6, 6.07) is 23.0. The van der Waals surface area contributed by atoms with Gasteiger partial charge in [0.25, 0.3) is 11.8 Å². The highest BCUT2D eigenvalue weighted by Gasteiger charge is 2.45. The SMILES string of the molecule is CN(C)c1ccc(-c2ccc(-c3nc4ccc(CCCOCCNc5cccc6c5C(=O)N(C5CCC(=O)NC5=O)C6=O)cc4s3)cc2)cn1. The zero-order valence-electron chi connectivity index (χ0n) is 27.8. The zero-order chi connectivity index (χ0) is 34.8. The molecule has 254 valence electrons. The van der Waals surface area contributed by atoms with Gasteiger partial charge in [0.2, 0.25) is 11.8 Å². The lowest BCUT2D eigenvalue weighted by Crippen LogP contribution is -2.54. The summed E-state index contributed by atoms with van der Waals surface area (Å²) in [5, 5.41) is 6.42. The number of pyridine rings is 1. The number of aryl methyl sites for hydroxylation is 1. The normalized spacial score (nSPS) is 15.8. The van der Waals surface area contributed by atoms with Gasteiger partial charge in [0, 0.05) is 56.7 Å². The molecule has 1 atom stereocenters. The second-order valence-corrected chi connectivity index (χ2v) is 13.5. The monoisotopic (exact) mass is 688 g/mol. The minimum absolute atomic E-state index is 0.0783. The van der Waals surface area contributed by atoms with Gasteiger partial charge in [0.1, 0.15) is 16.9 Å². The van der Waals surface area contributed by atoms with Crippen LogP contribution in [0.15, 0.2) is 79.0 Å². The molecule has 1 fully saturated rings. The number of hydrogen-bond acceptors (Lipinski definition) is 10. The lowest BCUT2D eigenvalue weighted by Gasteiger charge is -2.27. The average molecular weight is 689 g/mol. The summed E-state index contributed by atoms with van der Waals surface area (Å²) in [5.41, 5.74) is 6.47. The summed E-state index contributed by atoms with van der Waals surface area (Å²) in [5.74, 6) is -1.17. The highest BCUT2D eigenvalue weighted by Crippen LogP contribution is 2.34. The zero-order valence-corrected chi connectivity index (χ0v) is 28.6. The van der Waals surface area contributed by atoms with Gasteiger partial charge in [-0.2, -0.15) is 0 Å². The van der Waals surface area contributed by atoms with Gasteiger partial charge in [-0.1, -0.05) is 36.4 Å². The van der Waals surface area contributed by atoms with Crippen molar-refractivity contribution in [1.29, 1.82) is 0 Å². The van der Waals surface area contributed by atoms with E-state index in [1.54, 1.807) is 29.5 Å². The Morgan fingerprint density at radius 2 is 1.74 bits per heavy atom. The van der Waals surface area contributed by atoms with E-state index in [1.165, 1.54) is 5.56 Å². The van der Waals surface area contributed by atoms with Gasteiger partial charge in [-0.25, -0.2) is 9.97 Å². The van der Waals surface area contributed by atoms with E-state index >= 15 is 0 Å². The summed E-state index contributed by atoms with van der Waals surface area (Å²) in [4.78, 5) is 62.6. The molecule has 2 aromatic heterocycles. The Labute approximate surface area is 293 Å². The number of carbonyl (C=O) groups is 4. The highest BCUT2D eigenvalue weighted by atomic mass is 32.1. The molecule has 50 heavy (non-hydrogen) atoms. The summed E-state index contributed by atoms with van der Waals surface area (Å²) >= 11 is 1.69. The molecule has 0 bridgehead atoms. The molecule has 4 amide bonds. The fourth-order valence-corrected chi connectivity index (χ4v) is 7.31. The lowest BCUT2D eigenvalue weighted by atomic mass is 10.0. The third-order valence-electron chi connectivity index (χ3n) is 8.91. The predicted octanol–water partition coefficient (Wildman–Crippen LogP) is 5.55. The molecule has 4 heterocycles. The summed E-state index contributed by atoms with van der Waals surface area (Å²) in [6.45, 7) is 1.42. The van der Waals surface area contributed by atoms with Crippen LogP contribution in [0.4, 0.5) is 11.5 Å². The quantitative estimate of drug-likeness (QED) is 0.128. The topological polar surface area (TPSA) is 134 Å². The first-order valence-electron chi connectivity index (χ1n) is 16.6. The molecule has 0 saturated carbocycles. The largest absolute Gasteiger partial charge is 0.382 e. The second kappa shape index (κ2) is 14.2. The summed E-state index contributed by atoms with van der Waals surface area (Å²) in [7, 11) is 3.96. The van der Waals surface area contributed by atoms with Gasteiger partial charge in [0.05, 0.1) is 28.0 Å². The molecule has 1 saturated heterocycles. The Morgan fingerprint density at radius 1 is 0.940 bits per heavy atom. The van der Waals surface area contributed by atoms with Crippen LogP contribution in [0.2, 0.25) is 0 Å². The van der Waals surface area contributed by atoms with Crippen molar-refractivity contribution in [2.75, 3.05) is 44.1 Å². The standard InChI is InChI=1S/C38H36N6O5S/c1-43(2)32-16-13-26(22-40-32)24-9-11-25(12-10-24)36-41-28-14-8-23(21-31(28)50-36)5-4-19-49-20-18-39-29-7-3-6-27-34(29)38(48)44(37(27)47)30-15-17-33(45)42-35(30)46/h3,6-14,16,21-22,30,39H,4-5,15,17-20H2,1-2H3,(H,42,45,46). The second-order valence-electron chi connectivity index (χ2n) is 12.5. The third kappa shape index (κ3) is 6.72. The molecule has 0 spiro atoms. The highest BCUT2D eigenvalue weighted by molar-refractivity contribution is 7.21. The number of benzene rings is 3. The lowest BCUT2D eigenvalue weighted by molar-refractivity contribution is -0.136. The molecule has 5 aromatic rings. The number of carbonyl (C=O) groups excluding carboxylic acids is 4. The molecule has 1 unspecified atom stereocenters. The minimum Gasteiger partial charge on any atom is -0.382 e. The molecular formula is C38H36N6O5S. The number of ether oxygens (including phenoxy) is 1. The number of anilines is 2. The van der Waals surface area contributed by atoms with Gasteiger partial charge < -0.3 is 15.0 Å². The number of fused-ring (bicyclic) bond motifs is 2. The molecule has 0 aliphatic carbocycles. The van der Waals surface area contributed by atoms with Crippen molar-refractivity contribution in [3.8, 4) is 21.7 Å². The number of hydrogen-bond donors (Lipinski definition) is 2. The Bertz CT molecular complexity index is 2090. The van der Waals surface area contributed by atoms with Crippen molar-refractivity contribution in [2.24, 2.45) is 0 Å². The van der Waals surface area contributed by atoms with Crippen LogP contribution < -0.4 is 15.5 Å². The maximum absolute atomic E-state index is 13.3. The predicted molar refractivity (Wildman–Crippen MR) is 193 cm³/mol. The van der Waals surface area contributed by atoms with Crippen LogP contribution >= 0.6 is 11.3 Å².